The van der Waals surface area contributed by atoms with Crippen LogP contribution in [-0.2, 0) is 12.8 Å². The molecule has 1 aromatic rings. The molecule has 0 bridgehead atoms. The average molecular weight is 275 g/mol. The standard InChI is InChI=1S/C15H23N3.C2H6/c1-4-12(3)18-15-8-7-14-10-17-16-9-13(14)6-5-11(15)2;1-2/h9-10,12,18H,4-8H2,1-3H3;1-2H3/b15-11+;. The molecule has 1 unspecified atom stereocenters. The zero-order chi connectivity index (χ0) is 15.0. The number of allylic oxidation sites excluding steroid dienone is 2. The third-order valence-electron chi connectivity index (χ3n) is 3.87. The molecule has 1 aliphatic rings. The normalized spacial score (nSPS) is 19.9. The lowest BCUT2D eigenvalue weighted by molar-refractivity contribution is 0.567. The molecule has 0 radical (unpaired) electrons. The van der Waals surface area contributed by atoms with Gasteiger partial charge in [0.1, 0.15) is 0 Å². The molecule has 0 spiro atoms. The fourth-order valence-corrected chi connectivity index (χ4v) is 2.36. The number of nitrogens with one attached hydrogen (secondary N) is 1. The molecule has 1 heterocycles. The van der Waals surface area contributed by atoms with Crippen molar-refractivity contribution in [2.24, 2.45) is 0 Å². The first-order valence-corrected chi connectivity index (χ1v) is 7.94. The first kappa shape index (κ1) is 16.7. The van der Waals surface area contributed by atoms with E-state index < -0.39 is 0 Å². The molecule has 20 heavy (non-hydrogen) atoms. The minimum atomic E-state index is 0.560. The van der Waals surface area contributed by atoms with Crippen molar-refractivity contribution in [1.29, 1.82) is 0 Å². The van der Waals surface area contributed by atoms with Crippen LogP contribution in [0.1, 0.15) is 65.0 Å². The quantitative estimate of drug-likeness (QED) is 0.904. The summed E-state index contributed by atoms with van der Waals surface area (Å²) >= 11 is 0. The Morgan fingerprint density at radius 2 is 1.60 bits per heavy atom. The maximum atomic E-state index is 4.00. The van der Waals surface area contributed by atoms with Crippen molar-refractivity contribution in [2.75, 3.05) is 0 Å². The molecule has 2 rings (SSSR count). The summed E-state index contributed by atoms with van der Waals surface area (Å²) in [6.45, 7) is 10.7. The largest absolute Gasteiger partial charge is 0.386 e. The fraction of sp³-hybridized carbons (Fsp3) is 0.647. The van der Waals surface area contributed by atoms with Crippen LogP contribution in [0.5, 0.6) is 0 Å². The summed E-state index contributed by atoms with van der Waals surface area (Å²) in [6.07, 6.45) is 9.39. The number of nitrogens with zero attached hydrogens (tertiary/aromatic N) is 2. The second kappa shape index (κ2) is 8.72. The van der Waals surface area contributed by atoms with Gasteiger partial charge in [0, 0.05) is 11.7 Å². The molecule has 0 fully saturated rings. The highest BCUT2D eigenvalue weighted by Gasteiger charge is 2.13. The molecule has 0 saturated heterocycles. The zero-order valence-electron chi connectivity index (χ0n) is 13.7. The topological polar surface area (TPSA) is 37.8 Å². The highest BCUT2D eigenvalue weighted by molar-refractivity contribution is 5.26. The summed E-state index contributed by atoms with van der Waals surface area (Å²) < 4.78 is 0. The van der Waals surface area contributed by atoms with Crippen molar-refractivity contribution in [1.82, 2.24) is 15.5 Å². The van der Waals surface area contributed by atoms with Gasteiger partial charge in [-0.1, -0.05) is 26.3 Å². The number of hydrogen-bond donors (Lipinski definition) is 1. The van der Waals surface area contributed by atoms with Crippen LogP contribution in [-0.4, -0.2) is 16.2 Å². The Morgan fingerprint density at radius 3 is 2.15 bits per heavy atom. The molecule has 112 valence electrons. The Labute approximate surface area is 123 Å². The van der Waals surface area contributed by atoms with Gasteiger partial charge < -0.3 is 5.32 Å². The molecule has 3 nitrogen and oxygen atoms in total. The van der Waals surface area contributed by atoms with E-state index in [0.29, 0.717) is 6.04 Å². The fourth-order valence-electron chi connectivity index (χ4n) is 2.36. The van der Waals surface area contributed by atoms with Crippen LogP contribution in [0.2, 0.25) is 0 Å². The van der Waals surface area contributed by atoms with Gasteiger partial charge >= 0.3 is 0 Å². The van der Waals surface area contributed by atoms with Crippen LogP contribution in [0.3, 0.4) is 0 Å². The molecular formula is C17H29N3. The van der Waals surface area contributed by atoms with Gasteiger partial charge in [-0.25, -0.2) is 0 Å². The van der Waals surface area contributed by atoms with Gasteiger partial charge in [0.15, 0.2) is 0 Å². The number of hydrogen-bond acceptors (Lipinski definition) is 3. The van der Waals surface area contributed by atoms with E-state index in [4.69, 9.17) is 0 Å². The van der Waals surface area contributed by atoms with Crippen LogP contribution in [0.4, 0.5) is 0 Å². The van der Waals surface area contributed by atoms with E-state index in [1.54, 1.807) is 0 Å². The Bertz CT molecular complexity index is 438. The third kappa shape index (κ3) is 4.62. The lowest BCUT2D eigenvalue weighted by Gasteiger charge is -2.22. The predicted octanol–water partition coefficient (Wildman–Crippen LogP) is 4.04. The minimum absolute atomic E-state index is 0.560. The molecule has 0 aromatic carbocycles. The predicted molar refractivity (Wildman–Crippen MR) is 85.6 cm³/mol. The van der Waals surface area contributed by atoms with Crippen molar-refractivity contribution >= 4 is 0 Å². The molecule has 1 aliphatic carbocycles. The highest BCUT2D eigenvalue weighted by atomic mass is 15.1. The Hall–Kier alpha value is -1.38. The Morgan fingerprint density at radius 1 is 1.05 bits per heavy atom. The lowest BCUT2D eigenvalue weighted by atomic mass is 9.94. The summed E-state index contributed by atoms with van der Waals surface area (Å²) in [5.74, 6) is 0. The summed E-state index contributed by atoms with van der Waals surface area (Å²) in [6, 6.07) is 0.560. The number of rotatable bonds is 3. The SMILES string of the molecule is CC.CCC(C)N/C1=C(\C)CCc2cnncc2CC1. The van der Waals surface area contributed by atoms with E-state index in [-0.39, 0.29) is 0 Å². The summed E-state index contributed by atoms with van der Waals surface area (Å²) in [7, 11) is 0. The number of aromatic nitrogens is 2. The van der Waals surface area contributed by atoms with Gasteiger partial charge in [0.05, 0.1) is 12.4 Å². The van der Waals surface area contributed by atoms with Gasteiger partial charge in [-0.3, -0.25) is 0 Å². The average Bonchev–Trinajstić information content (AvgIpc) is 2.50. The van der Waals surface area contributed by atoms with Crippen molar-refractivity contribution in [3.8, 4) is 0 Å². The third-order valence-corrected chi connectivity index (χ3v) is 3.87. The van der Waals surface area contributed by atoms with E-state index in [1.165, 1.54) is 28.8 Å². The first-order valence-electron chi connectivity index (χ1n) is 7.94. The second-order valence-corrected chi connectivity index (χ2v) is 5.25. The zero-order valence-corrected chi connectivity index (χ0v) is 13.7. The maximum Gasteiger partial charge on any atom is 0.0531 e. The van der Waals surface area contributed by atoms with E-state index >= 15 is 0 Å². The molecule has 1 aromatic heterocycles. The second-order valence-electron chi connectivity index (χ2n) is 5.25. The van der Waals surface area contributed by atoms with Gasteiger partial charge in [0.2, 0.25) is 0 Å². The van der Waals surface area contributed by atoms with Crippen LogP contribution < -0.4 is 5.32 Å². The molecule has 0 aliphatic heterocycles. The molecular weight excluding hydrogens is 246 g/mol. The monoisotopic (exact) mass is 275 g/mol. The Balaban J connectivity index is 0.000000956. The van der Waals surface area contributed by atoms with Gasteiger partial charge in [-0.05, 0) is 57.1 Å². The number of aryl methyl sites for hydroxylation is 2. The number of fused-ring (bicyclic) bond motifs is 1. The smallest absolute Gasteiger partial charge is 0.0531 e. The van der Waals surface area contributed by atoms with E-state index in [2.05, 4.69) is 36.3 Å². The van der Waals surface area contributed by atoms with Crippen LogP contribution >= 0.6 is 0 Å². The summed E-state index contributed by atoms with van der Waals surface area (Å²) in [4.78, 5) is 0. The molecule has 0 saturated carbocycles. The van der Waals surface area contributed by atoms with Crippen molar-refractivity contribution in [2.45, 2.75) is 72.8 Å². The van der Waals surface area contributed by atoms with Gasteiger partial charge in [-0.2, -0.15) is 10.2 Å². The van der Waals surface area contributed by atoms with Crippen LogP contribution in [0, 0.1) is 0 Å². The van der Waals surface area contributed by atoms with Gasteiger partial charge in [-0.15, -0.1) is 0 Å². The Kier molecular flexibility index (Phi) is 7.27. The molecule has 3 heteroatoms. The summed E-state index contributed by atoms with van der Waals surface area (Å²) in [5, 5.41) is 11.7. The van der Waals surface area contributed by atoms with E-state index in [1.807, 2.05) is 26.2 Å². The highest BCUT2D eigenvalue weighted by Crippen LogP contribution is 2.22. The van der Waals surface area contributed by atoms with Crippen LogP contribution in [0.15, 0.2) is 23.7 Å². The van der Waals surface area contributed by atoms with Crippen molar-refractivity contribution in [3.05, 3.63) is 34.8 Å². The minimum Gasteiger partial charge on any atom is -0.386 e. The molecule has 1 N–H and O–H groups in total. The van der Waals surface area contributed by atoms with Crippen LogP contribution in [0.25, 0.3) is 0 Å². The lowest BCUT2D eigenvalue weighted by Crippen LogP contribution is -2.26. The maximum absolute atomic E-state index is 4.00. The first-order chi connectivity index (χ1) is 9.70. The summed E-state index contributed by atoms with van der Waals surface area (Å²) in [5.41, 5.74) is 5.66. The molecule has 0 amide bonds. The van der Waals surface area contributed by atoms with Crippen molar-refractivity contribution in [3.63, 3.8) is 0 Å². The van der Waals surface area contributed by atoms with Crippen molar-refractivity contribution < 1.29 is 0 Å². The van der Waals surface area contributed by atoms with E-state index in [0.717, 1.165) is 25.7 Å². The molecule has 1 atom stereocenters. The van der Waals surface area contributed by atoms with E-state index in [9.17, 15) is 0 Å². The van der Waals surface area contributed by atoms with Gasteiger partial charge in [0.25, 0.3) is 0 Å².